The van der Waals surface area contributed by atoms with Gasteiger partial charge in [0.25, 0.3) is 5.56 Å². The molecule has 0 bridgehead atoms. The minimum Gasteiger partial charge on any atom is -0.310 e. The maximum Gasteiger partial charge on any atom is 0.258 e. The van der Waals surface area contributed by atoms with E-state index in [0.29, 0.717) is 11.2 Å². The molecule has 1 heterocycles. The first-order valence-corrected chi connectivity index (χ1v) is 3.73. The molecule has 0 saturated carbocycles. The average molecular weight is 197 g/mol. The maximum atomic E-state index is 11.3. The predicted octanol–water partition coefficient (Wildman–Crippen LogP) is 1.65. The SMILES string of the molecule is Cc1nc2ccccc2c(=O)[nH]1.Cl. The number of halogens is 1. The molecule has 3 nitrogen and oxygen atoms in total. The highest BCUT2D eigenvalue weighted by atomic mass is 35.5. The van der Waals surface area contributed by atoms with E-state index < -0.39 is 0 Å². The Morgan fingerprint density at radius 2 is 2.00 bits per heavy atom. The first kappa shape index (κ1) is 9.74. The fourth-order valence-electron chi connectivity index (χ4n) is 1.20. The van der Waals surface area contributed by atoms with Crippen molar-refractivity contribution in [2.75, 3.05) is 0 Å². The molecular formula is C9H9ClN2O. The van der Waals surface area contributed by atoms with Crippen LogP contribution in [0.4, 0.5) is 0 Å². The first-order chi connectivity index (χ1) is 5.77. The number of para-hydroxylation sites is 1. The summed E-state index contributed by atoms with van der Waals surface area (Å²) in [4.78, 5) is 18.1. The van der Waals surface area contributed by atoms with Gasteiger partial charge in [0, 0.05) is 0 Å². The van der Waals surface area contributed by atoms with Gasteiger partial charge in [-0.25, -0.2) is 4.98 Å². The predicted molar refractivity (Wildman–Crippen MR) is 54.3 cm³/mol. The highest BCUT2D eigenvalue weighted by molar-refractivity contribution is 5.85. The lowest BCUT2D eigenvalue weighted by Crippen LogP contribution is -2.09. The fourth-order valence-corrected chi connectivity index (χ4v) is 1.20. The summed E-state index contributed by atoms with van der Waals surface area (Å²) in [5, 5.41) is 0.642. The largest absolute Gasteiger partial charge is 0.310 e. The molecule has 1 aromatic heterocycles. The van der Waals surface area contributed by atoms with Crippen LogP contribution in [0.2, 0.25) is 0 Å². The highest BCUT2D eigenvalue weighted by Gasteiger charge is 1.97. The molecule has 0 saturated heterocycles. The van der Waals surface area contributed by atoms with Crippen molar-refractivity contribution in [3.05, 3.63) is 40.4 Å². The number of benzene rings is 1. The number of nitrogens with zero attached hydrogens (tertiary/aromatic N) is 1. The smallest absolute Gasteiger partial charge is 0.258 e. The van der Waals surface area contributed by atoms with Crippen LogP contribution in [0.25, 0.3) is 10.9 Å². The number of aromatic nitrogens is 2. The van der Waals surface area contributed by atoms with Gasteiger partial charge in [0.15, 0.2) is 0 Å². The van der Waals surface area contributed by atoms with Gasteiger partial charge in [-0.1, -0.05) is 12.1 Å². The highest BCUT2D eigenvalue weighted by Crippen LogP contribution is 2.04. The van der Waals surface area contributed by atoms with Gasteiger partial charge < -0.3 is 4.98 Å². The van der Waals surface area contributed by atoms with Crippen LogP contribution >= 0.6 is 12.4 Å². The van der Waals surface area contributed by atoms with Crippen LogP contribution < -0.4 is 5.56 Å². The summed E-state index contributed by atoms with van der Waals surface area (Å²) in [6.07, 6.45) is 0. The van der Waals surface area contributed by atoms with Gasteiger partial charge >= 0.3 is 0 Å². The summed E-state index contributed by atoms with van der Waals surface area (Å²) in [5.41, 5.74) is 0.678. The van der Waals surface area contributed by atoms with Crippen LogP contribution in [-0.4, -0.2) is 9.97 Å². The summed E-state index contributed by atoms with van der Waals surface area (Å²) in [7, 11) is 0. The van der Waals surface area contributed by atoms with Crippen LogP contribution in [0.15, 0.2) is 29.1 Å². The van der Waals surface area contributed by atoms with E-state index in [4.69, 9.17) is 0 Å². The van der Waals surface area contributed by atoms with E-state index in [-0.39, 0.29) is 18.0 Å². The van der Waals surface area contributed by atoms with Crippen molar-refractivity contribution in [1.29, 1.82) is 0 Å². The second-order valence-corrected chi connectivity index (χ2v) is 2.67. The van der Waals surface area contributed by atoms with Crippen LogP contribution in [0, 0.1) is 6.92 Å². The Morgan fingerprint density at radius 3 is 2.77 bits per heavy atom. The second-order valence-electron chi connectivity index (χ2n) is 2.67. The molecule has 2 aromatic rings. The van der Waals surface area contributed by atoms with Gasteiger partial charge in [-0.05, 0) is 19.1 Å². The van der Waals surface area contributed by atoms with E-state index in [9.17, 15) is 4.79 Å². The number of fused-ring (bicyclic) bond motifs is 1. The molecule has 0 spiro atoms. The van der Waals surface area contributed by atoms with Crippen molar-refractivity contribution in [2.24, 2.45) is 0 Å². The zero-order valence-corrected chi connectivity index (χ0v) is 7.89. The van der Waals surface area contributed by atoms with Crippen LogP contribution in [0.5, 0.6) is 0 Å². The molecule has 4 heteroatoms. The normalized spacial score (nSPS) is 9.62. The molecule has 0 aliphatic rings. The molecular weight excluding hydrogens is 188 g/mol. The van der Waals surface area contributed by atoms with Gasteiger partial charge in [-0.15, -0.1) is 12.4 Å². The van der Waals surface area contributed by atoms with E-state index in [0.717, 1.165) is 5.52 Å². The molecule has 1 N–H and O–H groups in total. The van der Waals surface area contributed by atoms with E-state index in [2.05, 4.69) is 9.97 Å². The van der Waals surface area contributed by atoms with E-state index >= 15 is 0 Å². The average Bonchev–Trinajstić information content (AvgIpc) is 2.04. The molecule has 1 aromatic carbocycles. The molecule has 0 amide bonds. The Balaban J connectivity index is 0.000000845. The molecule has 0 radical (unpaired) electrons. The Labute approximate surface area is 81.2 Å². The summed E-state index contributed by atoms with van der Waals surface area (Å²) in [6.45, 7) is 1.77. The van der Waals surface area contributed by atoms with Crippen molar-refractivity contribution >= 4 is 23.3 Å². The monoisotopic (exact) mass is 196 g/mol. The van der Waals surface area contributed by atoms with Crippen molar-refractivity contribution < 1.29 is 0 Å². The zero-order valence-electron chi connectivity index (χ0n) is 7.07. The number of aryl methyl sites for hydroxylation is 1. The fraction of sp³-hybridized carbons (Fsp3) is 0.111. The van der Waals surface area contributed by atoms with Gasteiger partial charge in [-0.3, -0.25) is 4.79 Å². The summed E-state index contributed by atoms with van der Waals surface area (Å²) >= 11 is 0. The molecule has 0 fully saturated rings. The van der Waals surface area contributed by atoms with Gasteiger partial charge in [-0.2, -0.15) is 0 Å². The Bertz CT molecular complexity index is 478. The second kappa shape index (κ2) is 3.58. The zero-order chi connectivity index (χ0) is 8.55. The lowest BCUT2D eigenvalue weighted by molar-refractivity contribution is 1.06. The first-order valence-electron chi connectivity index (χ1n) is 3.73. The van der Waals surface area contributed by atoms with Gasteiger partial charge in [0.2, 0.25) is 0 Å². The number of nitrogens with one attached hydrogen (secondary N) is 1. The number of hydrogen-bond acceptors (Lipinski definition) is 2. The molecule has 13 heavy (non-hydrogen) atoms. The van der Waals surface area contributed by atoms with Crippen LogP contribution in [0.1, 0.15) is 5.82 Å². The molecule has 0 unspecified atom stereocenters. The molecule has 0 atom stereocenters. The molecule has 68 valence electrons. The number of H-pyrrole nitrogens is 1. The molecule has 2 rings (SSSR count). The third-order valence-electron chi connectivity index (χ3n) is 1.73. The molecule has 0 aliphatic carbocycles. The summed E-state index contributed by atoms with van der Waals surface area (Å²) < 4.78 is 0. The number of hydrogen-bond donors (Lipinski definition) is 1. The minimum absolute atomic E-state index is 0. The standard InChI is InChI=1S/C9H8N2O.ClH/c1-6-10-8-5-3-2-4-7(8)9(12)11-6;/h2-5H,1H3,(H,10,11,12);1H. The summed E-state index contributed by atoms with van der Waals surface area (Å²) in [5.74, 6) is 0.652. The lowest BCUT2D eigenvalue weighted by atomic mass is 10.2. The Kier molecular flexibility index (Phi) is 2.68. The Hall–Kier alpha value is -1.35. The van der Waals surface area contributed by atoms with E-state index in [1.807, 2.05) is 18.2 Å². The van der Waals surface area contributed by atoms with E-state index in [1.54, 1.807) is 13.0 Å². The van der Waals surface area contributed by atoms with Crippen molar-refractivity contribution in [2.45, 2.75) is 6.92 Å². The van der Waals surface area contributed by atoms with Crippen molar-refractivity contribution in [1.82, 2.24) is 9.97 Å². The molecule has 0 aliphatic heterocycles. The van der Waals surface area contributed by atoms with Crippen molar-refractivity contribution in [3.63, 3.8) is 0 Å². The topological polar surface area (TPSA) is 45.8 Å². The number of rotatable bonds is 0. The van der Waals surface area contributed by atoms with Gasteiger partial charge in [0.1, 0.15) is 5.82 Å². The quantitative estimate of drug-likeness (QED) is 0.697. The van der Waals surface area contributed by atoms with Crippen LogP contribution in [-0.2, 0) is 0 Å². The minimum atomic E-state index is -0.0712. The third-order valence-corrected chi connectivity index (χ3v) is 1.73. The Morgan fingerprint density at radius 1 is 1.31 bits per heavy atom. The van der Waals surface area contributed by atoms with E-state index in [1.165, 1.54) is 0 Å². The number of aromatic amines is 1. The van der Waals surface area contributed by atoms with Crippen LogP contribution in [0.3, 0.4) is 0 Å². The van der Waals surface area contributed by atoms with Crippen molar-refractivity contribution in [3.8, 4) is 0 Å². The lowest BCUT2D eigenvalue weighted by Gasteiger charge is -1.95. The third kappa shape index (κ3) is 1.70. The van der Waals surface area contributed by atoms with Gasteiger partial charge in [0.05, 0.1) is 10.9 Å². The summed E-state index contributed by atoms with van der Waals surface area (Å²) in [6, 6.07) is 7.29. The maximum absolute atomic E-state index is 11.3.